The number of nitrogens with zero attached hydrogens (tertiary/aromatic N) is 2. The molecular weight excluding hydrogens is 208 g/mol. The molecule has 0 aromatic carbocycles. The second-order valence-electron chi connectivity index (χ2n) is 3.37. The van der Waals surface area contributed by atoms with Gasteiger partial charge in [0.2, 0.25) is 0 Å². The molecule has 15 heavy (non-hydrogen) atoms. The fourth-order valence-corrected chi connectivity index (χ4v) is 1.62. The fourth-order valence-electron chi connectivity index (χ4n) is 1.43. The molecule has 0 amide bonds. The van der Waals surface area contributed by atoms with Gasteiger partial charge in [-0.1, -0.05) is 17.7 Å². The van der Waals surface area contributed by atoms with Crippen LogP contribution < -0.4 is 0 Å². The molecule has 2 rings (SSSR count). The minimum Gasteiger partial charge on any atom is -0.264 e. The standard InChI is InChI=1S/C12H11ClN2/c13-12-6-11(8-15-9-12)4-3-10-2-1-5-14-7-10/h1-2,5-9H,3-4H2. The van der Waals surface area contributed by atoms with Crippen molar-refractivity contribution in [2.75, 3.05) is 0 Å². The van der Waals surface area contributed by atoms with E-state index in [9.17, 15) is 0 Å². The topological polar surface area (TPSA) is 25.8 Å². The Morgan fingerprint density at radius 2 is 1.80 bits per heavy atom. The molecule has 0 atom stereocenters. The number of hydrogen-bond acceptors (Lipinski definition) is 2. The van der Waals surface area contributed by atoms with Gasteiger partial charge in [-0.25, -0.2) is 0 Å². The van der Waals surface area contributed by atoms with Crippen LogP contribution in [-0.4, -0.2) is 9.97 Å². The molecule has 2 nitrogen and oxygen atoms in total. The Hall–Kier alpha value is -1.41. The average Bonchev–Trinajstić information content (AvgIpc) is 2.28. The highest BCUT2D eigenvalue weighted by Gasteiger charge is 1.97. The Bertz CT molecular complexity index is 429. The minimum absolute atomic E-state index is 0.693. The minimum atomic E-state index is 0.693. The van der Waals surface area contributed by atoms with Crippen LogP contribution in [0.3, 0.4) is 0 Å². The molecule has 0 aliphatic rings. The second kappa shape index (κ2) is 4.89. The molecule has 2 heterocycles. The summed E-state index contributed by atoms with van der Waals surface area (Å²) < 4.78 is 0. The summed E-state index contributed by atoms with van der Waals surface area (Å²) in [5.41, 5.74) is 2.39. The van der Waals surface area contributed by atoms with Gasteiger partial charge in [-0.2, -0.15) is 0 Å². The van der Waals surface area contributed by atoms with Crippen LogP contribution in [-0.2, 0) is 12.8 Å². The predicted molar refractivity (Wildman–Crippen MR) is 60.9 cm³/mol. The van der Waals surface area contributed by atoms with Gasteiger partial charge in [0.15, 0.2) is 0 Å². The molecule has 0 saturated heterocycles. The Kier molecular flexibility index (Phi) is 3.30. The van der Waals surface area contributed by atoms with Crippen LogP contribution in [0.15, 0.2) is 43.0 Å². The maximum absolute atomic E-state index is 5.85. The molecule has 0 N–H and O–H groups in total. The summed E-state index contributed by atoms with van der Waals surface area (Å²) in [4.78, 5) is 8.12. The van der Waals surface area contributed by atoms with Crippen LogP contribution >= 0.6 is 11.6 Å². The van der Waals surface area contributed by atoms with Gasteiger partial charge in [-0.3, -0.25) is 9.97 Å². The summed E-state index contributed by atoms with van der Waals surface area (Å²) in [5.74, 6) is 0. The maximum Gasteiger partial charge on any atom is 0.0592 e. The van der Waals surface area contributed by atoms with E-state index in [0.717, 1.165) is 18.4 Å². The Morgan fingerprint density at radius 3 is 2.53 bits per heavy atom. The first-order valence-electron chi connectivity index (χ1n) is 4.83. The molecule has 2 aromatic heterocycles. The number of hydrogen-bond donors (Lipinski definition) is 0. The van der Waals surface area contributed by atoms with Gasteiger partial charge in [0.05, 0.1) is 5.02 Å². The van der Waals surface area contributed by atoms with Crippen molar-refractivity contribution in [1.29, 1.82) is 0 Å². The SMILES string of the molecule is Clc1cncc(CCc2cccnc2)c1. The van der Waals surface area contributed by atoms with Crippen LogP contribution in [0.25, 0.3) is 0 Å². The molecule has 0 saturated carbocycles. The van der Waals surface area contributed by atoms with E-state index in [4.69, 9.17) is 11.6 Å². The number of rotatable bonds is 3. The van der Waals surface area contributed by atoms with Crippen molar-refractivity contribution in [1.82, 2.24) is 9.97 Å². The fraction of sp³-hybridized carbons (Fsp3) is 0.167. The summed E-state index contributed by atoms with van der Waals surface area (Å²) in [7, 11) is 0. The summed E-state index contributed by atoms with van der Waals surface area (Å²) >= 11 is 5.85. The van der Waals surface area contributed by atoms with E-state index >= 15 is 0 Å². The monoisotopic (exact) mass is 218 g/mol. The Morgan fingerprint density at radius 1 is 1.00 bits per heavy atom. The molecular formula is C12H11ClN2. The predicted octanol–water partition coefficient (Wildman–Crippen LogP) is 2.92. The lowest BCUT2D eigenvalue weighted by molar-refractivity contribution is 0.941. The third-order valence-corrected chi connectivity index (χ3v) is 2.39. The third kappa shape index (κ3) is 3.03. The summed E-state index contributed by atoms with van der Waals surface area (Å²) in [6.45, 7) is 0. The molecule has 0 unspecified atom stereocenters. The van der Waals surface area contributed by atoms with Crippen molar-refractivity contribution in [3.63, 3.8) is 0 Å². The van der Waals surface area contributed by atoms with Gasteiger partial charge < -0.3 is 0 Å². The lowest BCUT2D eigenvalue weighted by atomic mass is 10.1. The van der Waals surface area contributed by atoms with Crippen LogP contribution in [0.4, 0.5) is 0 Å². The van der Waals surface area contributed by atoms with Crippen molar-refractivity contribution in [3.05, 3.63) is 59.1 Å². The zero-order valence-corrected chi connectivity index (χ0v) is 8.98. The van der Waals surface area contributed by atoms with Gasteiger partial charge in [-0.15, -0.1) is 0 Å². The van der Waals surface area contributed by atoms with Crippen molar-refractivity contribution in [2.24, 2.45) is 0 Å². The molecule has 0 bridgehead atoms. The zero-order valence-electron chi connectivity index (χ0n) is 8.23. The van der Waals surface area contributed by atoms with Crippen molar-refractivity contribution >= 4 is 11.6 Å². The highest BCUT2D eigenvalue weighted by atomic mass is 35.5. The van der Waals surface area contributed by atoms with Gasteiger partial charge in [0.25, 0.3) is 0 Å². The quantitative estimate of drug-likeness (QED) is 0.792. The molecule has 76 valence electrons. The molecule has 0 fully saturated rings. The van der Waals surface area contributed by atoms with Crippen LogP contribution in [0.1, 0.15) is 11.1 Å². The first-order valence-corrected chi connectivity index (χ1v) is 5.21. The molecule has 0 aliphatic heterocycles. The Balaban J connectivity index is 1.99. The highest BCUT2D eigenvalue weighted by Crippen LogP contribution is 2.10. The average molecular weight is 219 g/mol. The summed E-state index contributed by atoms with van der Waals surface area (Å²) in [5, 5.41) is 0.693. The molecule has 0 spiro atoms. The zero-order chi connectivity index (χ0) is 10.5. The lowest BCUT2D eigenvalue weighted by Gasteiger charge is -2.01. The Labute approximate surface area is 94.0 Å². The van der Waals surface area contributed by atoms with Gasteiger partial charge in [-0.05, 0) is 36.1 Å². The lowest BCUT2D eigenvalue weighted by Crippen LogP contribution is -1.92. The molecule has 0 aliphatic carbocycles. The first-order chi connectivity index (χ1) is 7.34. The number of halogens is 1. The van der Waals surface area contributed by atoms with Gasteiger partial charge >= 0.3 is 0 Å². The van der Waals surface area contributed by atoms with Crippen LogP contribution in [0, 0.1) is 0 Å². The maximum atomic E-state index is 5.85. The highest BCUT2D eigenvalue weighted by molar-refractivity contribution is 6.30. The summed E-state index contributed by atoms with van der Waals surface area (Å²) in [6, 6.07) is 5.97. The van der Waals surface area contributed by atoms with Gasteiger partial charge in [0.1, 0.15) is 0 Å². The summed E-state index contributed by atoms with van der Waals surface area (Å²) in [6.07, 6.45) is 9.08. The van der Waals surface area contributed by atoms with E-state index < -0.39 is 0 Å². The van der Waals surface area contributed by atoms with Gasteiger partial charge in [0, 0.05) is 24.8 Å². The van der Waals surface area contributed by atoms with Crippen molar-refractivity contribution in [2.45, 2.75) is 12.8 Å². The van der Waals surface area contributed by atoms with E-state index in [-0.39, 0.29) is 0 Å². The van der Waals surface area contributed by atoms with Crippen LogP contribution in [0.2, 0.25) is 5.02 Å². The largest absolute Gasteiger partial charge is 0.264 e. The van der Waals surface area contributed by atoms with E-state index in [0.29, 0.717) is 5.02 Å². The van der Waals surface area contributed by atoms with E-state index in [1.54, 1.807) is 12.4 Å². The van der Waals surface area contributed by atoms with Crippen molar-refractivity contribution in [3.8, 4) is 0 Å². The van der Waals surface area contributed by atoms with E-state index in [2.05, 4.69) is 16.0 Å². The second-order valence-corrected chi connectivity index (χ2v) is 3.81. The van der Waals surface area contributed by atoms with Crippen LogP contribution in [0.5, 0.6) is 0 Å². The van der Waals surface area contributed by atoms with Crippen molar-refractivity contribution < 1.29 is 0 Å². The van der Waals surface area contributed by atoms with E-state index in [1.807, 2.05) is 24.5 Å². The number of aryl methyl sites for hydroxylation is 2. The van der Waals surface area contributed by atoms with E-state index in [1.165, 1.54) is 5.56 Å². The third-order valence-electron chi connectivity index (χ3n) is 2.19. The molecule has 0 radical (unpaired) electrons. The molecule has 3 heteroatoms. The number of aromatic nitrogens is 2. The normalized spacial score (nSPS) is 10.2. The number of pyridine rings is 2. The first kappa shape index (κ1) is 10.1. The smallest absolute Gasteiger partial charge is 0.0592 e. The molecule has 2 aromatic rings.